The molecule has 1 heterocycles. The summed E-state index contributed by atoms with van der Waals surface area (Å²) in [6.07, 6.45) is 0. The molecule has 1 aromatic carbocycles. The molecule has 0 bridgehead atoms. The minimum absolute atomic E-state index is 0.0927. The van der Waals surface area contributed by atoms with Gasteiger partial charge >= 0.3 is 5.97 Å². The molecule has 1 aliphatic heterocycles. The predicted molar refractivity (Wildman–Crippen MR) is 106 cm³/mol. The van der Waals surface area contributed by atoms with Crippen molar-refractivity contribution in [1.29, 1.82) is 0 Å². The van der Waals surface area contributed by atoms with Crippen LogP contribution in [0.4, 0.5) is 0 Å². The van der Waals surface area contributed by atoms with Crippen LogP contribution in [0.1, 0.15) is 25.0 Å². The molecule has 0 aromatic heterocycles. The first-order chi connectivity index (χ1) is 12.9. The van der Waals surface area contributed by atoms with Crippen LogP contribution in [-0.2, 0) is 20.9 Å². The molecule has 6 heteroatoms. The topological polar surface area (TPSA) is 53.1 Å². The Hall–Kier alpha value is -1.92. The van der Waals surface area contributed by atoms with Gasteiger partial charge in [-0.25, -0.2) is 0 Å². The summed E-state index contributed by atoms with van der Waals surface area (Å²) in [6.45, 7) is 11.6. The van der Waals surface area contributed by atoms with Gasteiger partial charge in [-0.15, -0.1) is 0 Å². The molecule has 0 saturated carbocycles. The van der Waals surface area contributed by atoms with E-state index in [1.54, 1.807) is 0 Å². The molecule has 1 fully saturated rings. The molecular formula is C21H33N3O3. The first-order valence-corrected chi connectivity index (χ1v) is 9.73. The molecule has 1 aromatic rings. The van der Waals surface area contributed by atoms with E-state index in [9.17, 15) is 9.59 Å². The van der Waals surface area contributed by atoms with Gasteiger partial charge in [0, 0.05) is 39.3 Å². The summed E-state index contributed by atoms with van der Waals surface area (Å²) in [5.41, 5.74) is 2.65. The Morgan fingerprint density at radius 1 is 1.11 bits per heavy atom. The average Bonchev–Trinajstić information content (AvgIpc) is 2.63. The highest BCUT2D eigenvalue weighted by atomic mass is 16.5. The molecule has 0 unspecified atom stereocenters. The highest BCUT2D eigenvalue weighted by molar-refractivity contribution is 5.79. The Labute approximate surface area is 163 Å². The molecule has 1 saturated heterocycles. The lowest BCUT2D eigenvalue weighted by Gasteiger charge is -2.36. The molecule has 0 aliphatic carbocycles. The fourth-order valence-electron chi connectivity index (χ4n) is 3.42. The zero-order valence-corrected chi connectivity index (χ0v) is 17.1. The molecule has 27 heavy (non-hydrogen) atoms. The van der Waals surface area contributed by atoms with Crippen molar-refractivity contribution in [3.8, 4) is 0 Å². The van der Waals surface area contributed by atoms with Crippen LogP contribution in [0.2, 0.25) is 0 Å². The molecule has 6 nitrogen and oxygen atoms in total. The first-order valence-electron chi connectivity index (χ1n) is 9.73. The standard InChI is InChI=1S/C21H33N3O3/c1-17(2)13-23(16-21(26)27-4)15-20(25)24-11-9-22(10-12-24)14-19-8-6-5-7-18(19)3/h5-8,17H,9-16H2,1-4H3. The van der Waals surface area contributed by atoms with E-state index < -0.39 is 0 Å². The van der Waals surface area contributed by atoms with Gasteiger partial charge in [-0.1, -0.05) is 38.1 Å². The third kappa shape index (κ3) is 6.96. The van der Waals surface area contributed by atoms with Crippen molar-refractivity contribution >= 4 is 11.9 Å². The summed E-state index contributed by atoms with van der Waals surface area (Å²) >= 11 is 0. The number of methoxy groups -OCH3 is 1. The van der Waals surface area contributed by atoms with Crippen molar-refractivity contribution in [1.82, 2.24) is 14.7 Å². The molecule has 0 spiro atoms. The van der Waals surface area contributed by atoms with Gasteiger partial charge in [0.1, 0.15) is 0 Å². The summed E-state index contributed by atoms with van der Waals surface area (Å²) in [5.74, 6) is 0.176. The monoisotopic (exact) mass is 375 g/mol. The van der Waals surface area contributed by atoms with Crippen molar-refractivity contribution < 1.29 is 14.3 Å². The van der Waals surface area contributed by atoms with Crippen LogP contribution in [0.3, 0.4) is 0 Å². The third-order valence-electron chi connectivity index (χ3n) is 4.94. The minimum Gasteiger partial charge on any atom is -0.468 e. The van der Waals surface area contributed by atoms with Crippen LogP contribution in [-0.4, -0.2) is 79.5 Å². The van der Waals surface area contributed by atoms with E-state index >= 15 is 0 Å². The maximum atomic E-state index is 12.7. The number of esters is 1. The maximum absolute atomic E-state index is 12.7. The number of hydrogen-bond acceptors (Lipinski definition) is 5. The zero-order valence-electron chi connectivity index (χ0n) is 17.1. The molecule has 1 amide bonds. The lowest BCUT2D eigenvalue weighted by atomic mass is 10.1. The van der Waals surface area contributed by atoms with Gasteiger partial charge in [-0.3, -0.25) is 19.4 Å². The second-order valence-corrected chi connectivity index (χ2v) is 7.72. The number of carbonyl (C=O) groups excluding carboxylic acids is 2. The SMILES string of the molecule is COC(=O)CN(CC(=O)N1CCN(Cc2ccccc2C)CC1)CC(C)C. The number of amides is 1. The first kappa shape index (κ1) is 21.4. The second kappa shape index (κ2) is 10.4. The van der Waals surface area contributed by atoms with Gasteiger partial charge in [0.25, 0.3) is 0 Å². The number of nitrogens with zero attached hydrogens (tertiary/aromatic N) is 3. The number of carbonyl (C=O) groups is 2. The van der Waals surface area contributed by atoms with E-state index in [1.807, 2.05) is 9.80 Å². The van der Waals surface area contributed by atoms with E-state index in [4.69, 9.17) is 4.74 Å². The second-order valence-electron chi connectivity index (χ2n) is 7.72. The quantitative estimate of drug-likeness (QED) is 0.648. The number of rotatable bonds is 8. The van der Waals surface area contributed by atoms with Gasteiger partial charge in [0.2, 0.25) is 5.91 Å². The van der Waals surface area contributed by atoms with Gasteiger partial charge < -0.3 is 9.64 Å². The fourth-order valence-corrected chi connectivity index (χ4v) is 3.42. The smallest absolute Gasteiger partial charge is 0.319 e. The Bertz CT molecular complexity index is 625. The number of aryl methyl sites for hydroxylation is 1. The van der Waals surface area contributed by atoms with Crippen molar-refractivity contribution in [2.24, 2.45) is 5.92 Å². The van der Waals surface area contributed by atoms with E-state index in [2.05, 4.69) is 49.9 Å². The molecule has 0 atom stereocenters. The third-order valence-corrected chi connectivity index (χ3v) is 4.94. The Kier molecular flexibility index (Phi) is 8.25. The zero-order chi connectivity index (χ0) is 19.8. The number of piperazine rings is 1. The van der Waals surface area contributed by atoms with Crippen molar-refractivity contribution in [2.45, 2.75) is 27.3 Å². The van der Waals surface area contributed by atoms with Crippen LogP contribution in [0.5, 0.6) is 0 Å². The van der Waals surface area contributed by atoms with Gasteiger partial charge in [0.15, 0.2) is 0 Å². The number of benzene rings is 1. The van der Waals surface area contributed by atoms with Crippen LogP contribution in [0.15, 0.2) is 24.3 Å². The van der Waals surface area contributed by atoms with Crippen LogP contribution in [0, 0.1) is 12.8 Å². The average molecular weight is 376 g/mol. The molecular weight excluding hydrogens is 342 g/mol. The predicted octanol–water partition coefficient (Wildman–Crippen LogP) is 1.77. The van der Waals surface area contributed by atoms with Crippen LogP contribution >= 0.6 is 0 Å². The summed E-state index contributed by atoms with van der Waals surface area (Å²) in [4.78, 5) is 30.5. The highest BCUT2D eigenvalue weighted by Gasteiger charge is 2.24. The molecule has 150 valence electrons. The summed E-state index contributed by atoms with van der Waals surface area (Å²) in [5, 5.41) is 0. The van der Waals surface area contributed by atoms with Gasteiger partial charge in [-0.05, 0) is 24.0 Å². The van der Waals surface area contributed by atoms with Gasteiger partial charge in [-0.2, -0.15) is 0 Å². The van der Waals surface area contributed by atoms with Crippen molar-refractivity contribution in [3.05, 3.63) is 35.4 Å². The van der Waals surface area contributed by atoms with Crippen LogP contribution < -0.4 is 0 Å². The lowest BCUT2D eigenvalue weighted by molar-refractivity contribution is -0.143. The Balaban J connectivity index is 1.83. The Morgan fingerprint density at radius 3 is 2.37 bits per heavy atom. The summed E-state index contributed by atoms with van der Waals surface area (Å²) < 4.78 is 4.76. The molecule has 0 N–H and O–H groups in total. The van der Waals surface area contributed by atoms with Crippen LogP contribution in [0.25, 0.3) is 0 Å². The largest absolute Gasteiger partial charge is 0.468 e. The minimum atomic E-state index is -0.300. The highest BCUT2D eigenvalue weighted by Crippen LogP contribution is 2.13. The lowest BCUT2D eigenvalue weighted by Crippen LogP contribution is -2.51. The van der Waals surface area contributed by atoms with E-state index in [-0.39, 0.29) is 25.0 Å². The van der Waals surface area contributed by atoms with E-state index in [1.165, 1.54) is 18.2 Å². The molecule has 0 radical (unpaired) electrons. The van der Waals surface area contributed by atoms with Crippen molar-refractivity contribution in [2.75, 3.05) is 52.9 Å². The van der Waals surface area contributed by atoms with Gasteiger partial charge in [0.05, 0.1) is 20.2 Å². The van der Waals surface area contributed by atoms with E-state index in [0.717, 1.165) is 32.7 Å². The maximum Gasteiger partial charge on any atom is 0.319 e. The number of hydrogen-bond donors (Lipinski definition) is 0. The fraction of sp³-hybridized carbons (Fsp3) is 0.619. The Morgan fingerprint density at radius 2 is 1.78 bits per heavy atom. The molecule has 1 aliphatic rings. The molecule has 2 rings (SSSR count). The summed E-state index contributed by atoms with van der Waals surface area (Å²) in [6, 6.07) is 8.45. The van der Waals surface area contributed by atoms with Crippen molar-refractivity contribution in [3.63, 3.8) is 0 Å². The van der Waals surface area contributed by atoms with E-state index in [0.29, 0.717) is 12.5 Å². The number of ether oxygens (including phenoxy) is 1. The normalized spacial score (nSPS) is 15.4. The summed E-state index contributed by atoms with van der Waals surface area (Å²) in [7, 11) is 1.38.